The lowest BCUT2D eigenvalue weighted by Gasteiger charge is -2.17. The summed E-state index contributed by atoms with van der Waals surface area (Å²) in [5.41, 5.74) is 3.91. The summed E-state index contributed by atoms with van der Waals surface area (Å²) in [4.78, 5) is 3.13. The highest BCUT2D eigenvalue weighted by Crippen LogP contribution is 2.17. The maximum atomic E-state index is 5.39. The molecule has 0 aliphatic heterocycles. The molecule has 4 N–H and O–H groups in total. The first kappa shape index (κ1) is 8.30. The molecule has 1 unspecified atom stereocenters. The zero-order valence-electron chi connectivity index (χ0n) is 6.96. The SMILES string of the molecule is CC(C)C(NN)c1ccc[nH]1. The fourth-order valence-electron chi connectivity index (χ4n) is 1.18. The van der Waals surface area contributed by atoms with Gasteiger partial charge in [-0.25, -0.2) is 0 Å². The van der Waals surface area contributed by atoms with Crippen molar-refractivity contribution in [2.24, 2.45) is 11.8 Å². The zero-order valence-corrected chi connectivity index (χ0v) is 6.96. The van der Waals surface area contributed by atoms with E-state index in [1.807, 2.05) is 18.3 Å². The van der Waals surface area contributed by atoms with Crippen LogP contribution in [0.3, 0.4) is 0 Å². The first-order chi connectivity index (χ1) is 5.25. The largest absolute Gasteiger partial charge is 0.364 e. The van der Waals surface area contributed by atoms with Gasteiger partial charge in [0.15, 0.2) is 0 Å². The number of hydrogen-bond donors (Lipinski definition) is 3. The Morgan fingerprint density at radius 2 is 2.27 bits per heavy atom. The normalized spacial score (nSPS) is 13.8. The van der Waals surface area contributed by atoms with Crippen molar-refractivity contribution in [1.82, 2.24) is 10.4 Å². The van der Waals surface area contributed by atoms with Crippen LogP contribution in [0.1, 0.15) is 25.6 Å². The number of H-pyrrole nitrogens is 1. The van der Waals surface area contributed by atoms with Crippen LogP contribution in [0.4, 0.5) is 0 Å². The van der Waals surface area contributed by atoms with Gasteiger partial charge in [-0.15, -0.1) is 0 Å². The highest BCUT2D eigenvalue weighted by Gasteiger charge is 2.13. The van der Waals surface area contributed by atoms with Crippen LogP contribution in [0, 0.1) is 5.92 Å². The highest BCUT2D eigenvalue weighted by atomic mass is 15.2. The Labute approximate surface area is 67.0 Å². The van der Waals surface area contributed by atoms with E-state index in [0.29, 0.717) is 5.92 Å². The molecule has 0 bridgehead atoms. The van der Waals surface area contributed by atoms with Crippen LogP contribution in [0.5, 0.6) is 0 Å². The minimum absolute atomic E-state index is 0.227. The second kappa shape index (κ2) is 3.55. The number of aromatic nitrogens is 1. The number of hydrazine groups is 1. The predicted molar refractivity (Wildman–Crippen MR) is 45.7 cm³/mol. The molecule has 0 aromatic carbocycles. The summed E-state index contributed by atoms with van der Waals surface area (Å²) in [6.45, 7) is 4.26. The van der Waals surface area contributed by atoms with Crippen LogP contribution in [0.2, 0.25) is 0 Å². The van der Waals surface area contributed by atoms with E-state index in [-0.39, 0.29) is 6.04 Å². The molecular weight excluding hydrogens is 138 g/mol. The Morgan fingerprint density at radius 3 is 2.64 bits per heavy atom. The molecule has 0 saturated heterocycles. The van der Waals surface area contributed by atoms with Crippen LogP contribution >= 0.6 is 0 Å². The van der Waals surface area contributed by atoms with E-state index in [1.165, 1.54) is 0 Å². The number of nitrogens with one attached hydrogen (secondary N) is 2. The second-order valence-corrected chi connectivity index (χ2v) is 3.01. The van der Waals surface area contributed by atoms with Crippen molar-refractivity contribution in [1.29, 1.82) is 0 Å². The summed E-state index contributed by atoms with van der Waals surface area (Å²) in [5, 5.41) is 0. The third-order valence-corrected chi connectivity index (χ3v) is 1.80. The van der Waals surface area contributed by atoms with Gasteiger partial charge >= 0.3 is 0 Å². The standard InChI is InChI=1S/C8H15N3/c1-6(2)8(11-9)7-4-3-5-10-7/h3-6,8,10-11H,9H2,1-2H3. The molecule has 1 atom stereocenters. The maximum Gasteiger partial charge on any atom is 0.0632 e. The third-order valence-electron chi connectivity index (χ3n) is 1.80. The fourth-order valence-corrected chi connectivity index (χ4v) is 1.18. The van der Waals surface area contributed by atoms with Crippen molar-refractivity contribution >= 4 is 0 Å². The van der Waals surface area contributed by atoms with Gasteiger partial charge in [-0.1, -0.05) is 13.8 Å². The summed E-state index contributed by atoms with van der Waals surface area (Å²) >= 11 is 0. The van der Waals surface area contributed by atoms with Crippen LogP contribution in [0.15, 0.2) is 18.3 Å². The molecule has 1 heterocycles. The molecule has 3 heteroatoms. The molecule has 1 aromatic heterocycles. The number of aromatic amines is 1. The van der Waals surface area contributed by atoms with Gasteiger partial charge in [0, 0.05) is 11.9 Å². The lowest BCUT2D eigenvalue weighted by atomic mass is 10.0. The molecule has 11 heavy (non-hydrogen) atoms. The van der Waals surface area contributed by atoms with Gasteiger partial charge in [0.2, 0.25) is 0 Å². The van der Waals surface area contributed by atoms with Crippen molar-refractivity contribution < 1.29 is 0 Å². The Hall–Kier alpha value is -0.800. The Balaban J connectivity index is 2.71. The quantitative estimate of drug-likeness (QED) is 0.451. The van der Waals surface area contributed by atoms with E-state index in [2.05, 4.69) is 24.3 Å². The molecule has 1 aromatic rings. The van der Waals surface area contributed by atoms with Crippen LogP contribution in [-0.2, 0) is 0 Å². The van der Waals surface area contributed by atoms with Crippen LogP contribution < -0.4 is 11.3 Å². The average molecular weight is 153 g/mol. The molecule has 0 aliphatic carbocycles. The highest BCUT2D eigenvalue weighted by molar-refractivity contribution is 5.09. The van der Waals surface area contributed by atoms with Gasteiger partial charge in [0.05, 0.1) is 6.04 Å². The van der Waals surface area contributed by atoms with Crippen molar-refractivity contribution in [3.63, 3.8) is 0 Å². The lowest BCUT2D eigenvalue weighted by Crippen LogP contribution is -2.31. The monoisotopic (exact) mass is 153 g/mol. The summed E-state index contributed by atoms with van der Waals surface area (Å²) in [6, 6.07) is 4.23. The molecule has 0 fully saturated rings. The molecular formula is C8H15N3. The minimum Gasteiger partial charge on any atom is -0.364 e. The lowest BCUT2D eigenvalue weighted by molar-refractivity contribution is 0.413. The molecule has 1 rings (SSSR count). The number of hydrogen-bond acceptors (Lipinski definition) is 2. The van der Waals surface area contributed by atoms with Gasteiger partial charge in [0.25, 0.3) is 0 Å². The topological polar surface area (TPSA) is 53.8 Å². The molecule has 0 spiro atoms. The van der Waals surface area contributed by atoms with Gasteiger partial charge in [-0.3, -0.25) is 11.3 Å². The van der Waals surface area contributed by atoms with Crippen molar-refractivity contribution in [3.8, 4) is 0 Å². The molecule has 0 radical (unpaired) electrons. The van der Waals surface area contributed by atoms with Gasteiger partial charge in [-0.05, 0) is 18.1 Å². The van der Waals surface area contributed by atoms with Crippen LogP contribution in [0.25, 0.3) is 0 Å². The van der Waals surface area contributed by atoms with E-state index in [4.69, 9.17) is 5.84 Å². The van der Waals surface area contributed by atoms with Crippen LogP contribution in [-0.4, -0.2) is 4.98 Å². The van der Waals surface area contributed by atoms with E-state index in [1.54, 1.807) is 0 Å². The predicted octanol–water partition coefficient (Wildman–Crippen LogP) is 1.18. The van der Waals surface area contributed by atoms with E-state index < -0.39 is 0 Å². The summed E-state index contributed by atoms with van der Waals surface area (Å²) in [6.07, 6.45) is 1.90. The Kier molecular flexibility index (Phi) is 2.68. The Morgan fingerprint density at radius 1 is 1.55 bits per heavy atom. The number of nitrogens with two attached hydrogens (primary N) is 1. The molecule has 0 amide bonds. The number of rotatable bonds is 3. The fraction of sp³-hybridized carbons (Fsp3) is 0.500. The third kappa shape index (κ3) is 1.82. The van der Waals surface area contributed by atoms with Crippen molar-refractivity contribution in [2.45, 2.75) is 19.9 Å². The van der Waals surface area contributed by atoms with Gasteiger partial charge < -0.3 is 4.98 Å². The zero-order chi connectivity index (χ0) is 8.27. The first-order valence-electron chi connectivity index (χ1n) is 3.85. The molecule has 3 nitrogen and oxygen atoms in total. The smallest absolute Gasteiger partial charge is 0.0632 e. The van der Waals surface area contributed by atoms with E-state index in [0.717, 1.165) is 5.69 Å². The summed E-state index contributed by atoms with van der Waals surface area (Å²) < 4.78 is 0. The molecule has 0 aliphatic rings. The minimum atomic E-state index is 0.227. The second-order valence-electron chi connectivity index (χ2n) is 3.01. The average Bonchev–Trinajstić information content (AvgIpc) is 2.40. The van der Waals surface area contributed by atoms with Gasteiger partial charge in [-0.2, -0.15) is 0 Å². The van der Waals surface area contributed by atoms with Crippen molar-refractivity contribution in [2.75, 3.05) is 0 Å². The van der Waals surface area contributed by atoms with Crippen molar-refractivity contribution in [3.05, 3.63) is 24.0 Å². The van der Waals surface area contributed by atoms with E-state index in [9.17, 15) is 0 Å². The molecule has 0 saturated carbocycles. The Bertz CT molecular complexity index is 191. The summed E-state index contributed by atoms with van der Waals surface area (Å²) in [5.74, 6) is 5.89. The molecule has 62 valence electrons. The summed E-state index contributed by atoms with van der Waals surface area (Å²) in [7, 11) is 0. The van der Waals surface area contributed by atoms with E-state index >= 15 is 0 Å². The van der Waals surface area contributed by atoms with Gasteiger partial charge in [0.1, 0.15) is 0 Å². The maximum absolute atomic E-state index is 5.39. The first-order valence-corrected chi connectivity index (χ1v) is 3.85.